The molecule has 4 rings (SSSR count). The first-order valence-electron chi connectivity index (χ1n) is 10.9. The highest BCUT2D eigenvalue weighted by atomic mass is 35.5. The van der Waals surface area contributed by atoms with Crippen LogP contribution in [0.1, 0.15) is 45.6 Å². The summed E-state index contributed by atoms with van der Waals surface area (Å²) in [6, 6.07) is 5.61. The Kier molecular flexibility index (Phi) is 7.95. The molecule has 1 aliphatic heterocycles. The summed E-state index contributed by atoms with van der Waals surface area (Å²) in [5.41, 5.74) is 2.78. The molecule has 1 aromatic carbocycles. The Morgan fingerprint density at radius 2 is 1.81 bits per heavy atom. The number of thiocarbonyl (C=S) groups is 1. The molecule has 172 valence electrons. The molecular weight excluding hydrogens is 485 g/mol. The van der Waals surface area contributed by atoms with Gasteiger partial charge in [-0.15, -0.1) is 11.3 Å². The van der Waals surface area contributed by atoms with E-state index in [0.29, 0.717) is 20.7 Å². The van der Waals surface area contributed by atoms with Crippen LogP contribution in [-0.2, 0) is 24.1 Å². The fourth-order valence-electron chi connectivity index (χ4n) is 4.34. The van der Waals surface area contributed by atoms with Crippen LogP contribution >= 0.6 is 46.8 Å². The van der Waals surface area contributed by atoms with Crippen LogP contribution in [0.3, 0.4) is 0 Å². The zero-order valence-corrected chi connectivity index (χ0v) is 21.2. The molecule has 0 amide bonds. The molecule has 9 heteroatoms. The van der Waals surface area contributed by atoms with Crippen molar-refractivity contribution >= 4 is 62.8 Å². The van der Waals surface area contributed by atoms with Gasteiger partial charge < -0.3 is 15.0 Å². The number of anilines is 1. The van der Waals surface area contributed by atoms with Gasteiger partial charge in [0.2, 0.25) is 0 Å². The number of aryl methyl sites for hydroxylation is 1. The van der Waals surface area contributed by atoms with Gasteiger partial charge in [0.25, 0.3) is 0 Å². The van der Waals surface area contributed by atoms with Crippen LogP contribution < -0.4 is 5.32 Å². The average Bonchev–Trinajstić information content (AvgIpc) is 2.96. The minimum Gasteiger partial charge on any atom is -0.465 e. The van der Waals surface area contributed by atoms with Gasteiger partial charge in [-0.05, 0) is 55.6 Å². The minimum atomic E-state index is -0.281. The number of methoxy groups -OCH3 is 1. The maximum Gasteiger partial charge on any atom is 0.341 e. The van der Waals surface area contributed by atoms with E-state index in [-0.39, 0.29) is 5.97 Å². The minimum absolute atomic E-state index is 0.281. The fraction of sp³-hybridized carbons (Fsp3) is 0.478. The van der Waals surface area contributed by atoms with E-state index in [1.54, 1.807) is 11.3 Å². The predicted octanol–water partition coefficient (Wildman–Crippen LogP) is 5.63. The Balaban J connectivity index is 1.41. The van der Waals surface area contributed by atoms with Crippen LogP contribution in [0.15, 0.2) is 18.2 Å². The number of hydrogen-bond donors (Lipinski definition) is 1. The lowest BCUT2D eigenvalue weighted by Crippen LogP contribution is -2.49. The van der Waals surface area contributed by atoms with Crippen LogP contribution in [0.4, 0.5) is 5.00 Å². The second kappa shape index (κ2) is 10.7. The Labute approximate surface area is 208 Å². The molecule has 0 saturated carbocycles. The van der Waals surface area contributed by atoms with Crippen LogP contribution in [-0.4, -0.2) is 54.2 Å². The number of nitrogens with zero attached hydrogens (tertiary/aromatic N) is 2. The fourth-order valence-corrected chi connectivity index (χ4v) is 6.48. The van der Waals surface area contributed by atoms with Crippen LogP contribution in [0.5, 0.6) is 0 Å². The maximum absolute atomic E-state index is 12.6. The second-order valence-corrected chi connectivity index (χ2v) is 10.5. The van der Waals surface area contributed by atoms with Crippen molar-refractivity contribution in [3.05, 3.63) is 49.8 Å². The summed E-state index contributed by atoms with van der Waals surface area (Å²) in [7, 11) is 1.44. The number of esters is 1. The molecule has 1 saturated heterocycles. The number of halogens is 2. The molecular formula is C23H27Cl2N3O2S2. The van der Waals surface area contributed by atoms with E-state index < -0.39 is 0 Å². The van der Waals surface area contributed by atoms with E-state index in [1.165, 1.54) is 18.4 Å². The summed E-state index contributed by atoms with van der Waals surface area (Å²) in [6.45, 7) is 4.03. The lowest BCUT2D eigenvalue weighted by atomic mass is 10.1. The Morgan fingerprint density at radius 1 is 1.12 bits per heavy atom. The third kappa shape index (κ3) is 5.23. The quantitative estimate of drug-likeness (QED) is 0.326. The number of fused-ring (bicyclic) bond motifs is 1. The van der Waals surface area contributed by atoms with E-state index >= 15 is 0 Å². The van der Waals surface area contributed by atoms with Gasteiger partial charge in [-0.1, -0.05) is 35.7 Å². The van der Waals surface area contributed by atoms with E-state index in [9.17, 15) is 4.79 Å². The van der Waals surface area contributed by atoms with Crippen molar-refractivity contribution < 1.29 is 9.53 Å². The maximum atomic E-state index is 12.6. The lowest BCUT2D eigenvalue weighted by Gasteiger charge is -2.36. The van der Waals surface area contributed by atoms with Gasteiger partial charge in [0.05, 0.1) is 12.7 Å². The van der Waals surface area contributed by atoms with Crippen molar-refractivity contribution in [2.75, 3.05) is 38.6 Å². The molecule has 0 atom stereocenters. The third-order valence-electron chi connectivity index (χ3n) is 6.13. The van der Waals surface area contributed by atoms with Crippen LogP contribution in [0.2, 0.25) is 10.0 Å². The highest BCUT2D eigenvalue weighted by molar-refractivity contribution is 7.80. The number of carbonyl (C=O) groups is 1. The summed E-state index contributed by atoms with van der Waals surface area (Å²) in [5.74, 6) is -0.281. The van der Waals surface area contributed by atoms with Crippen molar-refractivity contribution in [3.63, 3.8) is 0 Å². The van der Waals surface area contributed by atoms with Gasteiger partial charge in [0.15, 0.2) is 5.11 Å². The Morgan fingerprint density at radius 3 is 2.50 bits per heavy atom. The Bertz CT molecular complexity index is 983. The van der Waals surface area contributed by atoms with Gasteiger partial charge in [-0.2, -0.15) is 0 Å². The van der Waals surface area contributed by atoms with E-state index in [2.05, 4.69) is 15.1 Å². The van der Waals surface area contributed by atoms with Crippen molar-refractivity contribution in [3.8, 4) is 0 Å². The zero-order valence-electron chi connectivity index (χ0n) is 18.1. The standard InChI is InChI=1S/C23H27Cl2N3O2S2/c1-30-22(29)20-15-6-3-2-4-9-19(15)32-21(20)26-23(31)28-12-10-27(11-13-28)14-16-17(24)7-5-8-18(16)25/h5,7-8H,2-4,6,9-14H2,1H3,(H,26,31). The predicted molar refractivity (Wildman–Crippen MR) is 136 cm³/mol. The first kappa shape index (κ1) is 23.8. The van der Waals surface area contributed by atoms with E-state index in [0.717, 1.165) is 74.5 Å². The van der Waals surface area contributed by atoms with E-state index in [4.69, 9.17) is 40.2 Å². The molecule has 0 radical (unpaired) electrons. The molecule has 0 spiro atoms. The first-order chi connectivity index (χ1) is 15.5. The average molecular weight is 513 g/mol. The molecule has 32 heavy (non-hydrogen) atoms. The normalized spacial score (nSPS) is 16.9. The summed E-state index contributed by atoms with van der Waals surface area (Å²) in [6.07, 6.45) is 5.41. The second-order valence-electron chi connectivity index (χ2n) is 8.15. The topological polar surface area (TPSA) is 44.8 Å². The van der Waals surface area contributed by atoms with Crippen molar-refractivity contribution in [1.82, 2.24) is 9.80 Å². The lowest BCUT2D eigenvalue weighted by molar-refractivity contribution is 0.0601. The number of hydrogen-bond acceptors (Lipinski definition) is 5. The van der Waals surface area contributed by atoms with Crippen molar-refractivity contribution in [2.45, 2.75) is 38.6 Å². The first-order valence-corrected chi connectivity index (χ1v) is 12.9. The van der Waals surface area contributed by atoms with Gasteiger partial charge in [-0.25, -0.2) is 4.79 Å². The summed E-state index contributed by atoms with van der Waals surface area (Å²) in [4.78, 5) is 18.3. The number of thiophene rings is 1. The van der Waals surface area contributed by atoms with Gasteiger partial charge in [0, 0.05) is 53.2 Å². The number of ether oxygens (including phenoxy) is 1. The molecule has 1 fully saturated rings. The highest BCUT2D eigenvalue weighted by Crippen LogP contribution is 2.38. The summed E-state index contributed by atoms with van der Waals surface area (Å²) >= 11 is 20.0. The van der Waals surface area contributed by atoms with Crippen LogP contribution in [0.25, 0.3) is 0 Å². The molecule has 5 nitrogen and oxygen atoms in total. The molecule has 2 aromatic rings. The number of piperazine rings is 1. The largest absolute Gasteiger partial charge is 0.465 e. The smallest absolute Gasteiger partial charge is 0.341 e. The third-order valence-corrected chi connectivity index (χ3v) is 8.41. The number of benzene rings is 1. The Hall–Kier alpha value is -1.38. The number of nitrogens with one attached hydrogen (secondary N) is 1. The number of rotatable bonds is 4. The van der Waals surface area contributed by atoms with Gasteiger partial charge >= 0.3 is 5.97 Å². The van der Waals surface area contributed by atoms with Crippen molar-refractivity contribution in [2.24, 2.45) is 0 Å². The number of carbonyl (C=O) groups excluding carboxylic acids is 1. The van der Waals surface area contributed by atoms with Crippen LogP contribution in [0, 0.1) is 0 Å². The molecule has 0 unspecified atom stereocenters. The molecule has 2 aliphatic rings. The monoisotopic (exact) mass is 511 g/mol. The molecule has 0 bridgehead atoms. The summed E-state index contributed by atoms with van der Waals surface area (Å²) < 4.78 is 5.10. The van der Waals surface area contributed by atoms with Gasteiger partial charge in [-0.3, -0.25) is 4.90 Å². The SMILES string of the molecule is COC(=O)c1c(NC(=S)N2CCN(Cc3c(Cl)cccc3Cl)CC2)sc2c1CCCCC2. The molecule has 1 N–H and O–H groups in total. The summed E-state index contributed by atoms with van der Waals surface area (Å²) in [5, 5.41) is 6.24. The zero-order chi connectivity index (χ0) is 22.7. The van der Waals surface area contributed by atoms with E-state index in [1.807, 2.05) is 18.2 Å². The van der Waals surface area contributed by atoms with Crippen molar-refractivity contribution in [1.29, 1.82) is 0 Å². The highest BCUT2D eigenvalue weighted by Gasteiger charge is 2.27. The van der Waals surface area contributed by atoms with Gasteiger partial charge in [0.1, 0.15) is 5.00 Å². The molecule has 1 aliphatic carbocycles. The molecule has 1 aromatic heterocycles. The molecule has 2 heterocycles.